The van der Waals surface area contributed by atoms with Crippen LogP contribution in [-0.4, -0.2) is 29.7 Å². The first-order chi connectivity index (χ1) is 9.06. The van der Waals surface area contributed by atoms with Crippen LogP contribution in [0.1, 0.15) is 51.6 Å². The van der Waals surface area contributed by atoms with Gasteiger partial charge in [-0.25, -0.2) is 4.98 Å². The van der Waals surface area contributed by atoms with Crippen LogP contribution < -0.4 is 10.2 Å². The van der Waals surface area contributed by atoms with Gasteiger partial charge in [-0.3, -0.25) is 0 Å². The van der Waals surface area contributed by atoms with Crippen molar-refractivity contribution in [1.29, 1.82) is 0 Å². The van der Waals surface area contributed by atoms with Crippen LogP contribution in [0.15, 0.2) is 6.20 Å². The van der Waals surface area contributed by atoms with Crippen LogP contribution >= 0.6 is 0 Å². The Morgan fingerprint density at radius 3 is 2.63 bits per heavy atom. The Labute approximate surface area is 118 Å². The van der Waals surface area contributed by atoms with Gasteiger partial charge in [-0.05, 0) is 13.3 Å². The zero-order valence-electron chi connectivity index (χ0n) is 13.2. The largest absolute Gasteiger partial charge is 0.348 e. The molecule has 1 aromatic heterocycles. The third-order valence-corrected chi connectivity index (χ3v) is 3.58. The number of rotatable bonds is 9. The van der Waals surface area contributed by atoms with Gasteiger partial charge < -0.3 is 14.8 Å². The number of unbranched alkanes of at least 4 members (excludes halogenated alkanes) is 3. The Morgan fingerprint density at radius 1 is 1.32 bits per heavy atom. The third-order valence-electron chi connectivity index (χ3n) is 3.58. The molecule has 0 amide bonds. The van der Waals surface area contributed by atoms with Gasteiger partial charge in [-0.15, -0.1) is 0 Å². The highest BCUT2D eigenvalue weighted by atomic mass is 15.3. The van der Waals surface area contributed by atoms with Crippen molar-refractivity contribution in [2.45, 2.75) is 58.5 Å². The van der Waals surface area contributed by atoms with Crippen molar-refractivity contribution < 1.29 is 0 Å². The molecule has 0 aliphatic heterocycles. The molecule has 0 saturated heterocycles. The molecule has 110 valence electrons. The van der Waals surface area contributed by atoms with Crippen LogP contribution in [-0.2, 0) is 13.6 Å². The van der Waals surface area contributed by atoms with E-state index in [0.29, 0.717) is 6.04 Å². The summed E-state index contributed by atoms with van der Waals surface area (Å²) in [6.07, 6.45) is 8.59. The second kappa shape index (κ2) is 8.20. The number of aromatic nitrogens is 2. The molecule has 1 rings (SSSR count). The third kappa shape index (κ3) is 5.23. The Kier molecular flexibility index (Phi) is 6.92. The molecule has 0 aliphatic carbocycles. The highest BCUT2D eigenvalue weighted by Gasteiger charge is 2.09. The summed E-state index contributed by atoms with van der Waals surface area (Å²) >= 11 is 0. The molecule has 19 heavy (non-hydrogen) atoms. The van der Waals surface area contributed by atoms with Crippen molar-refractivity contribution >= 4 is 5.95 Å². The summed E-state index contributed by atoms with van der Waals surface area (Å²) in [5, 5.41) is 3.59. The van der Waals surface area contributed by atoms with Crippen LogP contribution in [0.25, 0.3) is 0 Å². The van der Waals surface area contributed by atoms with Gasteiger partial charge in [0.2, 0.25) is 5.95 Å². The van der Waals surface area contributed by atoms with E-state index in [2.05, 4.69) is 35.8 Å². The quantitative estimate of drug-likeness (QED) is 0.698. The summed E-state index contributed by atoms with van der Waals surface area (Å²) in [6, 6.07) is 0.578. The fraction of sp³-hybridized carbons (Fsp3) is 0.800. The standard InChI is InChI=1S/C15H30N4/c1-6-7-8-9-10-13(2)16-11-14-12-17-15(18(3)4)19(14)5/h12-13,16H,6-11H2,1-5H3. The predicted octanol–water partition coefficient (Wildman–Crippen LogP) is 2.93. The van der Waals surface area contributed by atoms with Gasteiger partial charge in [0.1, 0.15) is 0 Å². The van der Waals surface area contributed by atoms with E-state index in [9.17, 15) is 0 Å². The predicted molar refractivity (Wildman–Crippen MR) is 82.6 cm³/mol. The monoisotopic (exact) mass is 266 g/mol. The van der Waals surface area contributed by atoms with Crippen LogP contribution in [0.5, 0.6) is 0 Å². The Bertz CT molecular complexity index is 357. The van der Waals surface area contributed by atoms with Crippen molar-refractivity contribution in [3.63, 3.8) is 0 Å². The van der Waals surface area contributed by atoms with Gasteiger partial charge in [0, 0.05) is 33.7 Å². The summed E-state index contributed by atoms with van der Waals surface area (Å²) in [5.41, 5.74) is 1.24. The molecule has 0 radical (unpaired) electrons. The van der Waals surface area contributed by atoms with Gasteiger partial charge >= 0.3 is 0 Å². The summed E-state index contributed by atoms with van der Waals surface area (Å²) in [6.45, 7) is 5.42. The molecule has 4 nitrogen and oxygen atoms in total. The number of nitrogens with one attached hydrogen (secondary N) is 1. The number of anilines is 1. The van der Waals surface area contributed by atoms with Crippen molar-refractivity contribution in [1.82, 2.24) is 14.9 Å². The van der Waals surface area contributed by atoms with Crippen LogP contribution in [0.4, 0.5) is 5.95 Å². The minimum absolute atomic E-state index is 0.578. The highest BCUT2D eigenvalue weighted by Crippen LogP contribution is 2.11. The molecular weight excluding hydrogens is 236 g/mol. The summed E-state index contributed by atoms with van der Waals surface area (Å²) in [5.74, 6) is 1.01. The van der Waals surface area contributed by atoms with E-state index in [0.717, 1.165) is 12.5 Å². The molecule has 1 atom stereocenters. The molecule has 1 heterocycles. The number of nitrogens with zero attached hydrogens (tertiary/aromatic N) is 3. The molecule has 0 spiro atoms. The first kappa shape index (κ1) is 16.0. The van der Waals surface area contributed by atoms with Crippen LogP contribution in [0.3, 0.4) is 0 Å². The fourth-order valence-corrected chi connectivity index (χ4v) is 2.27. The lowest BCUT2D eigenvalue weighted by atomic mass is 10.1. The molecule has 0 fully saturated rings. The topological polar surface area (TPSA) is 33.1 Å². The molecular formula is C15H30N4. The van der Waals surface area contributed by atoms with Gasteiger partial charge in [-0.2, -0.15) is 0 Å². The van der Waals surface area contributed by atoms with E-state index in [1.807, 2.05) is 25.2 Å². The maximum atomic E-state index is 4.43. The zero-order valence-corrected chi connectivity index (χ0v) is 13.2. The lowest BCUT2D eigenvalue weighted by molar-refractivity contribution is 0.476. The second-order valence-corrected chi connectivity index (χ2v) is 5.63. The Hall–Kier alpha value is -1.03. The molecule has 0 aromatic carbocycles. The Morgan fingerprint density at radius 2 is 2.05 bits per heavy atom. The van der Waals surface area contributed by atoms with Crippen LogP contribution in [0.2, 0.25) is 0 Å². The van der Waals surface area contributed by atoms with Crippen molar-refractivity contribution in [3.8, 4) is 0 Å². The average molecular weight is 266 g/mol. The van der Waals surface area contributed by atoms with E-state index >= 15 is 0 Å². The fourth-order valence-electron chi connectivity index (χ4n) is 2.27. The van der Waals surface area contributed by atoms with Gasteiger partial charge in [0.25, 0.3) is 0 Å². The van der Waals surface area contributed by atoms with E-state index < -0.39 is 0 Å². The van der Waals surface area contributed by atoms with E-state index in [-0.39, 0.29) is 0 Å². The normalized spacial score (nSPS) is 12.7. The maximum absolute atomic E-state index is 4.43. The number of imidazole rings is 1. The molecule has 0 bridgehead atoms. The zero-order chi connectivity index (χ0) is 14.3. The lowest BCUT2D eigenvalue weighted by Crippen LogP contribution is -2.26. The SMILES string of the molecule is CCCCCCC(C)NCc1cnc(N(C)C)n1C. The van der Waals surface area contributed by atoms with E-state index in [1.54, 1.807) is 0 Å². The number of hydrogen-bond donors (Lipinski definition) is 1. The van der Waals surface area contributed by atoms with Crippen molar-refractivity contribution in [2.75, 3.05) is 19.0 Å². The molecule has 0 saturated carbocycles. The van der Waals surface area contributed by atoms with E-state index in [4.69, 9.17) is 0 Å². The summed E-state index contributed by atoms with van der Waals surface area (Å²) < 4.78 is 2.15. The summed E-state index contributed by atoms with van der Waals surface area (Å²) in [7, 11) is 6.12. The molecule has 1 N–H and O–H groups in total. The minimum Gasteiger partial charge on any atom is -0.348 e. The molecule has 0 aliphatic rings. The highest BCUT2D eigenvalue weighted by molar-refractivity contribution is 5.30. The smallest absolute Gasteiger partial charge is 0.204 e. The molecule has 4 heteroatoms. The molecule has 1 unspecified atom stereocenters. The van der Waals surface area contributed by atoms with Crippen molar-refractivity contribution in [3.05, 3.63) is 11.9 Å². The average Bonchev–Trinajstić information content (AvgIpc) is 2.74. The molecule has 1 aromatic rings. The first-order valence-corrected chi connectivity index (χ1v) is 7.47. The lowest BCUT2D eigenvalue weighted by Gasteiger charge is -2.15. The minimum atomic E-state index is 0.578. The number of hydrogen-bond acceptors (Lipinski definition) is 3. The van der Waals surface area contributed by atoms with Gasteiger partial charge in [0.05, 0.1) is 11.9 Å². The van der Waals surface area contributed by atoms with Crippen LogP contribution in [0, 0.1) is 0 Å². The first-order valence-electron chi connectivity index (χ1n) is 7.47. The van der Waals surface area contributed by atoms with Gasteiger partial charge in [0.15, 0.2) is 0 Å². The maximum Gasteiger partial charge on any atom is 0.204 e. The van der Waals surface area contributed by atoms with Gasteiger partial charge in [-0.1, -0.05) is 32.6 Å². The Balaban J connectivity index is 2.32. The summed E-state index contributed by atoms with van der Waals surface area (Å²) in [4.78, 5) is 6.47. The second-order valence-electron chi connectivity index (χ2n) is 5.63. The van der Waals surface area contributed by atoms with Crippen molar-refractivity contribution in [2.24, 2.45) is 7.05 Å². The van der Waals surface area contributed by atoms with E-state index in [1.165, 1.54) is 37.8 Å².